The highest BCUT2D eigenvalue weighted by atomic mass is 16.3. The van der Waals surface area contributed by atoms with E-state index in [1.165, 1.54) is 0 Å². The summed E-state index contributed by atoms with van der Waals surface area (Å²) >= 11 is 0. The number of aromatic hydroxyl groups is 1. The Labute approximate surface area is 79.4 Å². The third-order valence-electron chi connectivity index (χ3n) is 2.25. The van der Waals surface area contributed by atoms with E-state index in [0.717, 1.165) is 24.0 Å². The third kappa shape index (κ3) is 2.46. The van der Waals surface area contributed by atoms with E-state index in [0.29, 0.717) is 5.75 Å². The van der Waals surface area contributed by atoms with E-state index >= 15 is 0 Å². The molecule has 0 aromatic heterocycles. The molecule has 0 bridgehead atoms. The first kappa shape index (κ1) is 10.1. The lowest BCUT2D eigenvalue weighted by Crippen LogP contribution is -2.10. The van der Waals surface area contributed by atoms with Gasteiger partial charge in [-0.15, -0.1) is 0 Å². The van der Waals surface area contributed by atoms with Crippen LogP contribution in [0, 0.1) is 6.92 Å². The highest BCUT2D eigenvalue weighted by molar-refractivity contribution is 5.35. The van der Waals surface area contributed by atoms with Crippen LogP contribution in [-0.2, 0) is 0 Å². The third-order valence-corrected chi connectivity index (χ3v) is 2.25. The number of rotatable bonds is 3. The Morgan fingerprint density at radius 2 is 2.15 bits per heavy atom. The van der Waals surface area contributed by atoms with Crippen LogP contribution in [0.15, 0.2) is 18.2 Å². The minimum atomic E-state index is 0.102. The lowest BCUT2D eigenvalue weighted by molar-refractivity contribution is 0.474. The molecule has 0 spiro atoms. The lowest BCUT2D eigenvalue weighted by atomic mass is 9.98. The topological polar surface area (TPSA) is 46.2 Å². The molecule has 72 valence electrons. The number of aryl methyl sites for hydroxylation is 1. The summed E-state index contributed by atoms with van der Waals surface area (Å²) in [6.45, 7) is 4.10. The first-order valence-corrected chi connectivity index (χ1v) is 4.70. The smallest absolute Gasteiger partial charge is 0.115 e. The average Bonchev–Trinajstić information content (AvgIpc) is 2.04. The van der Waals surface area contributed by atoms with Gasteiger partial charge in [0.05, 0.1) is 0 Å². The Morgan fingerprint density at radius 3 is 2.69 bits per heavy atom. The molecule has 3 N–H and O–H groups in total. The molecule has 0 amide bonds. The van der Waals surface area contributed by atoms with Crippen LogP contribution in [0.2, 0.25) is 0 Å². The van der Waals surface area contributed by atoms with Gasteiger partial charge in [-0.05, 0) is 36.6 Å². The Bertz CT molecular complexity index is 283. The molecule has 1 rings (SSSR count). The van der Waals surface area contributed by atoms with Gasteiger partial charge in [0.1, 0.15) is 5.75 Å². The number of phenols is 1. The first-order chi connectivity index (χ1) is 6.15. The van der Waals surface area contributed by atoms with Crippen LogP contribution < -0.4 is 5.73 Å². The Kier molecular flexibility index (Phi) is 3.32. The largest absolute Gasteiger partial charge is 0.508 e. The summed E-state index contributed by atoms with van der Waals surface area (Å²) in [5, 5.41) is 9.21. The van der Waals surface area contributed by atoms with Gasteiger partial charge >= 0.3 is 0 Å². The molecule has 0 saturated heterocycles. The summed E-state index contributed by atoms with van der Waals surface area (Å²) in [4.78, 5) is 0. The van der Waals surface area contributed by atoms with Gasteiger partial charge in [0.25, 0.3) is 0 Å². The van der Waals surface area contributed by atoms with Gasteiger partial charge in [0.15, 0.2) is 0 Å². The van der Waals surface area contributed by atoms with Crippen LogP contribution in [0.25, 0.3) is 0 Å². The molecule has 0 fully saturated rings. The molecule has 0 radical (unpaired) electrons. The van der Waals surface area contributed by atoms with Crippen LogP contribution in [0.4, 0.5) is 0 Å². The normalized spacial score (nSPS) is 12.8. The van der Waals surface area contributed by atoms with Crippen LogP contribution in [-0.4, -0.2) is 5.11 Å². The highest BCUT2D eigenvalue weighted by Gasteiger charge is 2.07. The van der Waals surface area contributed by atoms with Crippen molar-refractivity contribution in [3.05, 3.63) is 29.3 Å². The molecule has 2 nitrogen and oxygen atoms in total. The average molecular weight is 179 g/mol. The van der Waals surface area contributed by atoms with E-state index in [1.54, 1.807) is 12.1 Å². The summed E-state index contributed by atoms with van der Waals surface area (Å²) < 4.78 is 0. The van der Waals surface area contributed by atoms with E-state index in [4.69, 9.17) is 5.73 Å². The second kappa shape index (κ2) is 4.28. The maximum absolute atomic E-state index is 9.21. The molecule has 13 heavy (non-hydrogen) atoms. The fourth-order valence-corrected chi connectivity index (χ4v) is 1.54. The van der Waals surface area contributed by atoms with Crippen molar-refractivity contribution in [1.29, 1.82) is 0 Å². The number of hydrogen-bond acceptors (Lipinski definition) is 2. The number of nitrogens with two attached hydrogens (primary N) is 1. The van der Waals surface area contributed by atoms with Crippen molar-refractivity contribution in [2.45, 2.75) is 32.7 Å². The van der Waals surface area contributed by atoms with Crippen molar-refractivity contribution in [1.82, 2.24) is 0 Å². The fourth-order valence-electron chi connectivity index (χ4n) is 1.54. The van der Waals surface area contributed by atoms with Gasteiger partial charge in [-0.25, -0.2) is 0 Å². The summed E-state index contributed by atoms with van der Waals surface area (Å²) in [6.07, 6.45) is 2.08. The molecule has 1 aromatic carbocycles. The Hall–Kier alpha value is -1.02. The van der Waals surface area contributed by atoms with E-state index in [9.17, 15) is 5.11 Å². The maximum atomic E-state index is 9.21. The minimum absolute atomic E-state index is 0.102. The zero-order valence-electron chi connectivity index (χ0n) is 8.25. The van der Waals surface area contributed by atoms with Crippen molar-refractivity contribution in [3.8, 4) is 5.75 Å². The van der Waals surface area contributed by atoms with Crippen LogP contribution in [0.3, 0.4) is 0 Å². The zero-order chi connectivity index (χ0) is 9.84. The second-order valence-electron chi connectivity index (χ2n) is 3.44. The predicted octanol–water partition coefficient (Wildman–Crippen LogP) is 2.50. The molecule has 0 aliphatic rings. The van der Waals surface area contributed by atoms with Crippen molar-refractivity contribution >= 4 is 0 Å². The van der Waals surface area contributed by atoms with Crippen molar-refractivity contribution in [2.24, 2.45) is 5.73 Å². The molecule has 0 aliphatic heterocycles. The van der Waals surface area contributed by atoms with Gasteiger partial charge in [-0.3, -0.25) is 0 Å². The molecule has 0 unspecified atom stereocenters. The number of benzene rings is 1. The van der Waals surface area contributed by atoms with Gasteiger partial charge in [0.2, 0.25) is 0 Å². The molecule has 1 atom stereocenters. The van der Waals surface area contributed by atoms with E-state index < -0.39 is 0 Å². The molecule has 2 heteroatoms. The number of hydrogen-bond donors (Lipinski definition) is 2. The van der Waals surface area contributed by atoms with Crippen molar-refractivity contribution in [2.75, 3.05) is 0 Å². The summed E-state index contributed by atoms with van der Waals surface area (Å²) in [6, 6.07) is 5.46. The molecular formula is C11H17NO. The first-order valence-electron chi connectivity index (χ1n) is 4.70. The quantitative estimate of drug-likeness (QED) is 0.748. The van der Waals surface area contributed by atoms with Crippen molar-refractivity contribution in [3.63, 3.8) is 0 Å². The van der Waals surface area contributed by atoms with Crippen LogP contribution in [0.1, 0.15) is 36.9 Å². The van der Waals surface area contributed by atoms with E-state index in [2.05, 4.69) is 6.92 Å². The molecular weight excluding hydrogens is 162 g/mol. The Morgan fingerprint density at radius 1 is 1.46 bits per heavy atom. The molecule has 1 aromatic rings. The van der Waals surface area contributed by atoms with E-state index in [-0.39, 0.29) is 6.04 Å². The van der Waals surface area contributed by atoms with Crippen LogP contribution >= 0.6 is 0 Å². The monoisotopic (exact) mass is 179 g/mol. The van der Waals surface area contributed by atoms with Gasteiger partial charge in [-0.1, -0.05) is 19.4 Å². The number of phenolic OH excluding ortho intramolecular Hbond substituents is 1. The lowest BCUT2D eigenvalue weighted by Gasteiger charge is -2.13. The Balaban J connectivity index is 2.88. The van der Waals surface area contributed by atoms with E-state index in [1.807, 2.05) is 13.0 Å². The summed E-state index contributed by atoms with van der Waals surface area (Å²) in [5.74, 6) is 0.310. The molecule has 0 aliphatic carbocycles. The molecule has 0 saturated carbocycles. The molecule has 0 heterocycles. The second-order valence-corrected chi connectivity index (χ2v) is 3.44. The zero-order valence-corrected chi connectivity index (χ0v) is 8.25. The van der Waals surface area contributed by atoms with Crippen LogP contribution in [0.5, 0.6) is 5.75 Å². The van der Waals surface area contributed by atoms with Gasteiger partial charge in [-0.2, -0.15) is 0 Å². The summed E-state index contributed by atoms with van der Waals surface area (Å²) in [5.41, 5.74) is 8.18. The minimum Gasteiger partial charge on any atom is -0.508 e. The van der Waals surface area contributed by atoms with Crippen molar-refractivity contribution < 1.29 is 5.11 Å². The van der Waals surface area contributed by atoms with Gasteiger partial charge < -0.3 is 10.8 Å². The standard InChI is InChI=1S/C11H17NO/c1-3-4-11(12)10-6-5-9(13)7-8(10)2/h5-7,11,13H,3-4,12H2,1-2H3/t11-/m0/s1. The maximum Gasteiger partial charge on any atom is 0.115 e. The van der Waals surface area contributed by atoms with Gasteiger partial charge in [0, 0.05) is 6.04 Å². The highest BCUT2D eigenvalue weighted by Crippen LogP contribution is 2.22. The fraction of sp³-hybridized carbons (Fsp3) is 0.455. The predicted molar refractivity (Wildman–Crippen MR) is 54.7 cm³/mol. The SMILES string of the molecule is CCC[C@H](N)c1ccc(O)cc1C. The summed E-state index contributed by atoms with van der Waals surface area (Å²) in [7, 11) is 0.